The second-order valence-corrected chi connectivity index (χ2v) is 6.72. The lowest BCUT2D eigenvalue weighted by Crippen LogP contribution is -2.35. The number of nitrogens with one attached hydrogen (secondary N) is 1. The summed E-state index contributed by atoms with van der Waals surface area (Å²) in [5.41, 5.74) is 1.36. The number of carbonyl (C=O) groups is 1. The number of nitrogens with zero attached hydrogens (tertiary/aromatic N) is 2. The molecule has 0 spiro atoms. The Morgan fingerprint density at radius 1 is 1.14 bits per heavy atom. The largest absolute Gasteiger partial charge is 0.490 e. The Kier molecular flexibility index (Phi) is 7.89. The summed E-state index contributed by atoms with van der Waals surface area (Å²) in [7, 11) is 0. The second-order valence-electron chi connectivity index (χ2n) is 6.72. The molecule has 0 saturated carbocycles. The first kappa shape index (κ1) is 21.1. The number of hydrogen-bond donors (Lipinski definition) is 1. The molecule has 1 aromatic heterocycles. The topological polar surface area (TPSA) is 86.1 Å². The Morgan fingerprint density at radius 2 is 1.90 bits per heavy atom. The summed E-state index contributed by atoms with van der Waals surface area (Å²) < 4.78 is 21.9. The Labute approximate surface area is 171 Å². The minimum absolute atomic E-state index is 0.238. The van der Waals surface area contributed by atoms with Crippen molar-refractivity contribution in [2.75, 3.05) is 46.1 Å². The van der Waals surface area contributed by atoms with Gasteiger partial charge in [0, 0.05) is 25.7 Å². The first-order chi connectivity index (χ1) is 14.2. The Balaban J connectivity index is 1.49. The molecule has 3 rings (SSSR count). The van der Waals surface area contributed by atoms with Gasteiger partial charge in [-0.2, -0.15) is 0 Å². The van der Waals surface area contributed by atoms with Gasteiger partial charge in [-0.15, -0.1) is 0 Å². The predicted octanol–water partition coefficient (Wildman–Crippen LogP) is 2.28. The number of hydrogen-bond acceptors (Lipinski definition) is 7. The van der Waals surface area contributed by atoms with Crippen LogP contribution in [0.4, 0.5) is 0 Å². The molecule has 0 bridgehead atoms. The van der Waals surface area contributed by atoms with Gasteiger partial charge in [0.1, 0.15) is 0 Å². The smallest absolute Gasteiger partial charge is 0.273 e. The molecule has 1 aromatic carbocycles. The van der Waals surface area contributed by atoms with Gasteiger partial charge in [0.25, 0.3) is 5.91 Å². The molecule has 0 aliphatic carbocycles. The number of amides is 1. The van der Waals surface area contributed by atoms with Crippen LogP contribution in [0.3, 0.4) is 0 Å². The zero-order valence-corrected chi connectivity index (χ0v) is 17.1. The van der Waals surface area contributed by atoms with E-state index in [4.69, 9.17) is 18.7 Å². The van der Waals surface area contributed by atoms with Gasteiger partial charge in [0.2, 0.25) is 0 Å². The highest BCUT2D eigenvalue weighted by atomic mass is 16.5. The monoisotopic (exact) mass is 403 g/mol. The van der Waals surface area contributed by atoms with E-state index in [1.807, 2.05) is 32.0 Å². The van der Waals surface area contributed by atoms with Crippen molar-refractivity contribution in [2.24, 2.45) is 0 Å². The van der Waals surface area contributed by atoms with E-state index in [2.05, 4.69) is 15.4 Å². The standard InChI is InChI=1S/C21H29N3O5/c1-3-27-19-6-5-16(13-20(19)28-4-2)7-8-22-21(25)18-14-17(29-23-18)15-24-9-11-26-12-10-24/h5-6,13-14H,3-4,7-12,15H2,1-2H3,(H,22,25). The molecule has 29 heavy (non-hydrogen) atoms. The van der Waals surface area contributed by atoms with Crippen molar-refractivity contribution < 1.29 is 23.5 Å². The first-order valence-electron chi connectivity index (χ1n) is 10.1. The highest BCUT2D eigenvalue weighted by Crippen LogP contribution is 2.28. The molecule has 2 aromatic rings. The van der Waals surface area contributed by atoms with E-state index in [1.54, 1.807) is 6.07 Å². The Morgan fingerprint density at radius 3 is 2.66 bits per heavy atom. The number of rotatable bonds is 10. The molecular formula is C21H29N3O5. The van der Waals surface area contributed by atoms with Crippen LogP contribution in [0, 0.1) is 0 Å². The highest BCUT2D eigenvalue weighted by Gasteiger charge is 2.16. The minimum atomic E-state index is -0.238. The molecule has 1 aliphatic heterocycles. The van der Waals surface area contributed by atoms with Crippen molar-refractivity contribution in [3.8, 4) is 11.5 Å². The molecule has 1 aliphatic rings. The van der Waals surface area contributed by atoms with E-state index in [0.29, 0.717) is 44.2 Å². The van der Waals surface area contributed by atoms with Crippen molar-refractivity contribution in [2.45, 2.75) is 26.8 Å². The van der Waals surface area contributed by atoms with Crippen LogP contribution in [0.1, 0.15) is 35.7 Å². The van der Waals surface area contributed by atoms with Gasteiger partial charge in [-0.3, -0.25) is 9.69 Å². The fourth-order valence-electron chi connectivity index (χ4n) is 3.14. The second kappa shape index (κ2) is 10.8. The van der Waals surface area contributed by atoms with Gasteiger partial charge in [-0.05, 0) is 38.0 Å². The summed E-state index contributed by atoms with van der Waals surface area (Å²) in [6.45, 7) is 9.31. The fourth-order valence-corrected chi connectivity index (χ4v) is 3.14. The number of ether oxygens (including phenoxy) is 3. The lowest BCUT2D eigenvalue weighted by Gasteiger charge is -2.25. The summed E-state index contributed by atoms with van der Waals surface area (Å²) in [6, 6.07) is 7.55. The van der Waals surface area contributed by atoms with E-state index < -0.39 is 0 Å². The van der Waals surface area contributed by atoms with Crippen molar-refractivity contribution in [3.05, 3.63) is 41.3 Å². The van der Waals surface area contributed by atoms with E-state index in [-0.39, 0.29) is 5.91 Å². The van der Waals surface area contributed by atoms with E-state index in [0.717, 1.165) is 43.4 Å². The Hall–Kier alpha value is -2.58. The van der Waals surface area contributed by atoms with E-state index in [1.165, 1.54) is 0 Å². The van der Waals surface area contributed by atoms with Gasteiger partial charge < -0.3 is 24.1 Å². The number of benzene rings is 1. The first-order valence-corrected chi connectivity index (χ1v) is 10.1. The molecule has 8 nitrogen and oxygen atoms in total. The molecule has 0 radical (unpaired) electrons. The molecule has 0 unspecified atom stereocenters. The molecule has 8 heteroatoms. The van der Waals surface area contributed by atoms with E-state index in [9.17, 15) is 4.79 Å². The van der Waals surface area contributed by atoms with Crippen molar-refractivity contribution in [1.29, 1.82) is 0 Å². The summed E-state index contributed by atoms with van der Waals surface area (Å²) in [6.07, 6.45) is 0.677. The summed E-state index contributed by atoms with van der Waals surface area (Å²) in [5.74, 6) is 1.91. The molecule has 158 valence electrons. The number of morpholine rings is 1. The van der Waals surface area contributed by atoms with Crippen molar-refractivity contribution in [3.63, 3.8) is 0 Å². The van der Waals surface area contributed by atoms with Crippen LogP contribution >= 0.6 is 0 Å². The van der Waals surface area contributed by atoms with E-state index >= 15 is 0 Å². The van der Waals surface area contributed by atoms with Gasteiger partial charge in [0.05, 0.1) is 33.0 Å². The third-order valence-corrected chi connectivity index (χ3v) is 4.58. The third kappa shape index (κ3) is 6.20. The molecule has 1 N–H and O–H groups in total. The fraction of sp³-hybridized carbons (Fsp3) is 0.524. The summed E-state index contributed by atoms with van der Waals surface area (Å²) in [5, 5.41) is 6.78. The van der Waals surface area contributed by atoms with Gasteiger partial charge in [-0.1, -0.05) is 11.2 Å². The van der Waals surface area contributed by atoms with Crippen LogP contribution in [0.15, 0.2) is 28.8 Å². The maximum atomic E-state index is 12.3. The van der Waals surface area contributed by atoms with Crippen LogP contribution in [0.25, 0.3) is 0 Å². The zero-order chi connectivity index (χ0) is 20.5. The maximum Gasteiger partial charge on any atom is 0.273 e. The van der Waals surface area contributed by atoms with Crippen LogP contribution in [-0.4, -0.2) is 62.0 Å². The lowest BCUT2D eigenvalue weighted by molar-refractivity contribution is 0.0305. The zero-order valence-electron chi connectivity index (χ0n) is 17.1. The third-order valence-electron chi connectivity index (χ3n) is 4.58. The average Bonchev–Trinajstić information content (AvgIpc) is 3.19. The normalized spacial score (nSPS) is 14.6. The van der Waals surface area contributed by atoms with Crippen LogP contribution in [-0.2, 0) is 17.7 Å². The quantitative estimate of drug-likeness (QED) is 0.651. The molecule has 0 atom stereocenters. The van der Waals surface area contributed by atoms with Crippen LogP contribution in [0.2, 0.25) is 0 Å². The van der Waals surface area contributed by atoms with Crippen LogP contribution in [0.5, 0.6) is 11.5 Å². The van der Waals surface area contributed by atoms with Gasteiger partial charge >= 0.3 is 0 Å². The molecule has 2 heterocycles. The van der Waals surface area contributed by atoms with Crippen molar-refractivity contribution >= 4 is 5.91 Å². The Bertz CT molecular complexity index is 786. The number of aromatic nitrogens is 1. The van der Waals surface area contributed by atoms with Crippen LogP contribution < -0.4 is 14.8 Å². The molecule has 1 amide bonds. The molecule has 1 fully saturated rings. The molecule has 1 saturated heterocycles. The van der Waals surface area contributed by atoms with Crippen molar-refractivity contribution in [1.82, 2.24) is 15.4 Å². The summed E-state index contributed by atoms with van der Waals surface area (Å²) >= 11 is 0. The van der Waals surface area contributed by atoms with Gasteiger partial charge in [0.15, 0.2) is 23.0 Å². The summed E-state index contributed by atoms with van der Waals surface area (Å²) in [4.78, 5) is 14.6. The molecular weight excluding hydrogens is 374 g/mol. The minimum Gasteiger partial charge on any atom is -0.490 e. The predicted molar refractivity (Wildman–Crippen MR) is 107 cm³/mol. The van der Waals surface area contributed by atoms with Gasteiger partial charge in [-0.25, -0.2) is 0 Å². The SMILES string of the molecule is CCOc1ccc(CCNC(=O)c2cc(CN3CCOCC3)on2)cc1OCC. The number of carbonyl (C=O) groups excluding carboxylic acids is 1. The highest BCUT2D eigenvalue weighted by molar-refractivity contribution is 5.92. The maximum absolute atomic E-state index is 12.3. The average molecular weight is 403 g/mol. The lowest BCUT2D eigenvalue weighted by atomic mass is 10.1.